The predicted octanol–water partition coefficient (Wildman–Crippen LogP) is 4.60. The van der Waals surface area contributed by atoms with Crippen LogP contribution in [0.15, 0.2) is 36.5 Å². The number of amides is 1. The molecule has 1 fully saturated rings. The maximum Gasteiger partial charge on any atom is 0.397 e. The molecule has 2 aromatic rings. The molecule has 0 radical (unpaired) electrons. The number of aromatic nitrogens is 1. The van der Waals surface area contributed by atoms with Gasteiger partial charge in [0.2, 0.25) is 15.9 Å². The highest BCUT2D eigenvalue weighted by Gasteiger charge is 2.47. The third-order valence-electron chi connectivity index (χ3n) is 7.00. The maximum absolute atomic E-state index is 12.6. The fourth-order valence-corrected chi connectivity index (χ4v) is 6.20. The summed E-state index contributed by atoms with van der Waals surface area (Å²) in [6, 6.07) is 9.30. The van der Waals surface area contributed by atoms with Crippen LogP contribution in [-0.2, 0) is 20.2 Å². The Labute approximate surface area is 203 Å². The van der Waals surface area contributed by atoms with Gasteiger partial charge in [0.15, 0.2) is 0 Å². The van der Waals surface area contributed by atoms with Crippen molar-refractivity contribution in [3.05, 3.63) is 47.7 Å². The van der Waals surface area contributed by atoms with Gasteiger partial charge in [-0.2, -0.15) is 13.2 Å². The van der Waals surface area contributed by atoms with Crippen LogP contribution < -0.4 is 14.9 Å². The monoisotopic (exact) mass is 510 g/mol. The summed E-state index contributed by atoms with van der Waals surface area (Å²) in [4.78, 5) is 16.1. The van der Waals surface area contributed by atoms with Gasteiger partial charge < -0.3 is 10.6 Å². The SMILES string of the molecule is Cc1ccnc(NCC2CCC3(CC2)CN(S(C)(=O)=O)c2ccccc23)c1NC(=O)CC(F)(F)F. The molecule has 0 unspecified atom stereocenters. The van der Waals surface area contributed by atoms with Gasteiger partial charge in [-0.15, -0.1) is 0 Å². The summed E-state index contributed by atoms with van der Waals surface area (Å²) < 4.78 is 64.0. The number of alkyl halides is 3. The number of nitrogens with zero attached hydrogens (tertiary/aromatic N) is 2. The Kier molecular flexibility index (Phi) is 6.74. The number of hydrogen-bond acceptors (Lipinski definition) is 5. The standard InChI is InChI=1S/C24H29F3N4O3S/c1-16-9-12-28-22(21(16)30-20(32)13-24(25,26)27)29-14-17-7-10-23(11-8-17)15-31(35(2,33)34)19-6-4-3-5-18(19)23/h3-6,9,12,17H,7-8,10-11,13-15H2,1-2H3,(H,28,29)(H,30,32). The van der Waals surface area contributed by atoms with E-state index in [-0.39, 0.29) is 17.0 Å². The second kappa shape index (κ2) is 9.33. The summed E-state index contributed by atoms with van der Waals surface area (Å²) in [5, 5.41) is 5.56. The lowest BCUT2D eigenvalue weighted by atomic mass is 9.68. The number of benzene rings is 1. The van der Waals surface area contributed by atoms with Gasteiger partial charge in [0, 0.05) is 24.7 Å². The molecule has 35 heavy (non-hydrogen) atoms. The Morgan fingerprint density at radius 1 is 1.20 bits per heavy atom. The fourth-order valence-electron chi connectivity index (χ4n) is 5.20. The number of aryl methyl sites for hydroxylation is 1. The van der Waals surface area contributed by atoms with Gasteiger partial charge >= 0.3 is 6.18 Å². The topological polar surface area (TPSA) is 91.4 Å². The smallest absolute Gasteiger partial charge is 0.368 e. The van der Waals surface area contributed by atoms with Crippen LogP contribution in [0.3, 0.4) is 0 Å². The van der Waals surface area contributed by atoms with Crippen molar-refractivity contribution >= 4 is 33.1 Å². The molecule has 4 rings (SSSR count). The minimum absolute atomic E-state index is 0.214. The molecule has 2 N–H and O–H groups in total. The van der Waals surface area contributed by atoms with Gasteiger partial charge in [-0.1, -0.05) is 18.2 Å². The molecule has 7 nitrogen and oxygen atoms in total. The second-order valence-corrected chi connectivity index (χ2v) is 11.5. The molecular formula is C24H29F3N4O3S. The molecule has 0 saturated heterocycles. The van der Waals surface area contributed by atoms with Crippen LogP contribution in [-0.4, -0.2) is 44.8 Å². The summed E-state index contributed by atoms with van der Waals surface area (Å²) >= 11 is 0. The second-order valence-electron chi connectivity index (χ2n) is 9.58. The van der Waals surface area contributed by atoms with Crippen molar-refractivity contribution in [2.45, 2.75) is 50.6 Å². The molecule has 0 atom stereocenters. The van der Waals surface area contributed by atoms with E-state index in [1.54, 1.807) is 19.2 Å². The number of carbonyl (C=O) groups is 1. The van der Waals surface area contributed by atoms with Gasteiger partial charge in [-0.3, -0.25) is 9.10 Å². The van der Waals surface area contributed by atoms with Crippen molar-refractivity contribution in [2.24, 2.45) is 5.92 Å². The third-order valence-corrected chi connectivity index (χ3v) is 8.12. The van der Waals surface area contributed by atoms with E-state index in [0.717, 1.165) is 36.9 Å². The fraction of sp³-hybridized carbons (Fsp3) is 0.500. The van der Waals surface area contributed by atoms with Gasteiger partial charge in [0.05, 0.1) is 17.6 Å². The van der Waals surface area contributed by atoms with E-state index < -0.39 is 28.5 Å². The number of fused-ring (bicyclic) bond motifs is 2. The minimum Gasteiger partial charge on any atom is -0.368 e. The van der Waals surface area contributed by atoms with E-state index in [0.29, 0.717) is 24.5 Å². The molecule has 1 spiro atoms. The Morgan fingerprint density at radius 2 is 1.89 bits per heavy atom. The number of nitrogens with one attached hydrogen (secondary N) is 2. The van der Waals surface area contributed by atoms with E-state index in [9.17, 15) is 26.4 Å². The quantitative estimate of drug-likeness (QED) is 0.593. The van der Waals surface area contributed by atoms with Crippen molar-refractivity contribution < 1.29 is 26.4 Å². The summed E-state index contributed by atoms with van der Waals surface area (Å²) in [7, 11) is -3.37. The van der Waals surface area contributed by atoms with Gasteiger partial charge in [-0.25, -0.2) is 13.4 Å². The van der Waals surface area contributed by atoms with E-state index in [4.69, 9.17) is 0 Å². The maximum atomic E-state index is 12.6. The zero-order chi connectivity index (χ0) is 25.4. The van der Waals surface area contributed by atoms with Crippen LogP contribution >= 0.6 is 0 Å². The largest absolute Gasteiger partial charge is 0.397 e. The Balaban J connectivity index is 1.41. The summed E-state index contributed by atoms with van der Waals surface area (Å²) in [6.45, 7) is 2.69. The Hall–Kier alpha value is -2.82. The number of halogens is 3. The Bertz CT molecular complexity index is 1210. The molecular weight excluding hydrogens is 481 g/mol. The van der Waals surface area contributed by atoms with Crippen molar-refractivity contribution in [1.29, 1.82) is 0 Å². The molecule has 0 bridgehead atoms. The van der Waals surface area contributed by atoms with Crippen LogP contribution in [0.25, 0.3) is 0 Å². The molecule has 1 amide bonds. The van der Waals surface area contributed by atoms with Crippen molar-refractivity contribution in [3.8, 4) is 0 Å². The predicted molar refractivity (Wildman–Crippen MR) is 129 cm³/mol. The number of carbonyl (C=O) groups excluding carboxylic acids is 1. The van der Waals surface area contributed by atoms with E-state index in [1.807, 2.05) is 24.3 Å². The van der Waals surface area contributed by atoms with E-state index in [2.05, 4.69) is 15.6 Å². The molecule has 1 aromatic heterocycles. The van der Waals surface area contributed by atoms with Crippen LogP contribution in [0.1, 0.15) is 43.2 Å². The van der Waals surface area contributed by atoms with Crippen molar-refractivity contribution in [1.82, 2.24) is 4.98 Å². The zero-order valence-electron chi connectivity index (χ0n) is 19.7. The van der Waals surface area contributed by atoms with Crippen LogP contribution in [0.4, 0.5) is 30.4 Å². The number of anilines is 3. The first-order chi connectivity index (χ1) is 16.4. The molecule has 1 aliphatic heterocycles. The molecule has 11 heteroatoms. The van der Waals surface area contributed by atoms with Crippen molar-refractivity contribution in [2.75, 3.05) is 34.3 Å². The highest BCUT2D eigenvalue weighted by atomic mass is 32.2. The van der Waals surface area contributed by atoms with E-state index in [1.165, 1.54) is 10.6 Å². The summed E-state index contributed by atoms with van der Waals surface area (Å²) in [5.74, 6) is -0.511. The van der Waals surface area contributed by atoms with Crippen LogP contribution in [0.2, 0.25) is 0 Å². The van der Waals surface area contributed by atoms with Gasteiger partial charge in [0.25, 0.3) is 0 Å². The molecule has 2 aliphatic rings. The zero-order valence-corrected chi connectivity index (χ0v) is 20.5. The Morgan fingerprint density at radius 3 is 2.54 bits per heavy atom. The first kappa shape index (κ1) is 25.3. The average Bonchev–Trinajstić information content (AvgIpc) is 3.09. The normalized spacial score (nSPS) is 22.2. The number of pyridine rings is 1. The molecule has 1 aromatic carbocycles. The van der Waals surface area contributed by atoms with Crippen molar-refractivity contribution in [3.63, 3.8) is 0 Å². The minimum atomic E-state index is -4.59. The molecule has 1 saturated carbocycles. The highest BCUT2D eigenvalue weighted by molar-refractivity contribution is 7.92. The average molecular weight is 511 g/mol. The van der Waals surface area contributed by atoms with E-state index >= 15 is 0 Å². The number of para-hydroxylation sites is 1. The molecule has 190 valence electrons. The lowest BCUT2D eigenvalue weighted by molar-refractivity contribution is -0.150. The molecule has 1 aliphatic carbocycles. The van der Waals surface area contributed by atoms with Crippen LogP contribution in [0, 0.1) is 12.8 Å². The summed E-state index contributed by atoms with van der Waals surface area (Å²) in [6.07, 6.45) is 0.0218. The lowest BCUT2D eigenvalue weighted by Gasteiger charge is -2.38. The third kappa shape index (κ3) is 5.55. The highest BCUT2D eigenvalue weighted by Crippen LogP contribution is 2.50. The number of sulfonamides is 1. The van der Waals surface area contributed by atoms with Crippen LogP contribution in [0.5, 0.6) is 0 Å². The van der Waals surface area contributed by atoms with Gasteiger partial charge in [-0.05, 0) is 61.8 Å². The summed E-state index contributed by atoms with van der Waals surface area (Å²) in [5.41, 5.74) is 2.49. The first-order valence-electron chi connectivity index (χ1n) is 11.5. The lowest BCUT2D eigenvalue weighted by Crippen LogP contribution is -2.40. The first-order valence-corrected chi connectivity index (χ1v) is 13.4. The molecule has 2 heterocycles. The number of hydrogen-bond donors (Lipinski definition) is 2. The van der Waals surface area contributed by atoms with Gasteiger partial charge in [0.1, 0.15) is 12.2 Å². The number of rotatable bonds is 6.